The summed E-state index contributed by atoms with van der Waals surface area (Å²) in [6, 6.07) is 5.63. The summed E-state index contributed by atoms with van der Waals surface area (Å²) in [6.07, 6.45) is 5.37. The first kappa shape index (κ1) is 18.9. The minimum atomic E-state index is 0.209. The van der Waals surface area contributed by atoms with Gasteiger partial charge in [-0.1, -0.05) is 0 Å². The number of anilines is 3. The number of nitrogen functional groups attached to an aromatic ring is 1. The van der Waals surface area contributed by atoms with Gasteiger partial charge >= 0.3 is 0 Å². The average molecular weight is 392 g/mol. The second kappa shape index (κ2) is 7.88. The number of aromatic nitrogens is 3. The van der Waals surface area contributed by atoms with Crippen LogP contribution in [0.4, 0.5) is 23.1 Å². The molecule has 0 spiro atoms. The van der Waals surface area contributed by atoms with Gasteiger partial charge in [0.05, 0.1) is 24.6 Å². The highest BCUT2D eigenvalue weighted by Crippen LogP contribution is 2.26. The number of hydrogen-bond acceptors (Lipinski definition) is 8. The van der Waals surface area contributed by atoms with Crippen molar-refractivity contribution in [2.45, 2.75) is 13.0 Å². The van der Waals surface area contributed by atoms with E-state index in [0.29, 0.717) is 35.5 Å². The molecule has 0 radical (unpaired) electrons. The molecule has 4 heterocycles. The van der Waals surface area contributed by atoms with Gasteiger partial charge in [-0.2, -0.15) is 0 Å². The molecule has 29 heavy (non-hydrogen) atoms. The Morgan fingerprint density at radius 1 is 1.21 bits per heavy atom. The molecule has 1 fully saturated rings. The van der Waals surface area contributed by atoms with Crippen molar-refractivity contribution in [2.24, 2.45) is 10.7 Å². The summed E-state index contributed by atoms with van der Waals surface area (Å²) in [5, 5.41) is 4.70. The molecule has 0 aliphatic carbocycles. The van der Waals surface area contributed by atoms with E-state index in [0.717, 1.165) is 29.5 Å². The summed E-state index contributed by atoms with van der Waals surface area (Å²) in [5.74, 6) is 1.95. The molecule has 1 saturated heterocycles. The van der Waals surface area contributed by atoms with Crippen molar-refractivity contribution in [1.82, 2.24) is 15.0 Å². The van der Waals surface area contributed by atoms with Crippen molar-refractivity contribution >= 4 is 39.7 Å². The standard InChI is InChI=1S/C20H24N8O/c1-12-11-28(5-6-29-12)13-3-4-18(25-8-13)27-19(22)15-9-26-20(23-2)16-10-24-17(21)7-14(15)16/h3-4,7-10,12H,5-6,11H2,1-2H3,(H2,21,24)(H,23,26)(H2,22,25,27)/t12-/m1/s1. The summed E-state index contributed by atoms with van der Waals surface area (Å²) in [5.41, 5.74) is 13.9. The van der Waals surface area contributed by atoms with Gasteiger partial charge in [0.1, 0.15) is 17.5 Å². The first-order chi connectivity index (χ1) is 14.0. The molecule has 9 heteroatoms. The lowest BCUT2D eigenvalue weighted by Crippen LogP contribution is -2.41. The van der Waals surface area contributed by atoms with Crippen LogP contribution in [-0.4, -0.2) is 53.6 Å². The number of hydrogen-bond donors (Lipinski definition) is 3. The highest BCUT2D eigenvalue weighted by molar-refractivity contribution is 6.11. The lowest BCUT2D eigenvalue weighted by molar-refractivity contribution is 0.0532. The van der Waals surface area contributed by atoms with Crippen molar-refractivity contribution in [1.29, 1.82) is 0 Å². The Kier molecular flexibility index (Phi) is 5.13. The third-order valence-electron chi connectivity index (χ3n) is 4.88. The average Bonchev–Trinajstić information content (AvgIpc) is 2.73. The quantitative estimate of drug-likeness (QED) is 0.454. The minimum Gasteiger partial charge on any atom is -0.384 e. The zero-order chi connectivity index (χ0) is 20.4. The molecule has 0 unspecified atom stereocenters. The monoisotopic (exact) mass is 392 g/mol. The molecule has 150 valence electrons. The van der Waals surface area contributed by atoms with Gasteiger partial charge in [0.2, 0.25) is 0 Å². The predicted molar refractivity (Wildman–Crippen MR) is 116 cm³/mol. The van der Waals surface area contributed by atoms with Crippen LogP contribution in [-0.2, 0) is 4.74 Å². The molecule has 0 saturated carbocycles. The highest BCUT2D eigenvalue weighted by Gasteiger charge is 2.17. The third kappa shape index (κ3) is 3.90. The number of ether oxygens (including phenoxy) is 1. The van der Waals surface area contributed by atoms with E-state index in [9.17, 15) is 0 Å². The minimum absolute atomic E-state index is 0.209. The molecule has 0 aromatic carbocycles. The summed E-state index contributed by atoms with van der Waals surface area (Å²) >= 11 is 0. The van der Waals surface area contributed by atoms with Gasteiger partial charge in [0, 0.05) is 48.9 Å². The van der Waals surface area contributed by atoms with E-state index in [1.165, 1.54) is 0 Å². The van der Waals surface area contributed by atoms with Crippen LogP contribution in [0.15, 0.2) is 41.8 Å². The lowest BCUT2D eigenvalue weighted by atomic mass is 10.1. The maximum absolute atomic E-state index is 6.30. The van der Waals surface area contributed by atoms with Crippen molar-refractivity contribution in [3.8, 4) is 0 Å². The number of aliphatic imine (C=N–C) groups is 1. The molecule has 0 bridgehead atoms. The topological polar surface area (TPSA) is 128 Å². The molecular weight excluding hydrogens is 368 g/mol. The fourth-order valence-electron chi connectivity index (χ4n) is 3.42. The molecule has 1 aliphatic rings. The largest absolute Gasteiger partial charge is 0.384 e. The Labute approximate surface area is 168 Å². The molecule has 3 aromatic heterocycles. The Balaban J connectivity index is 1.64. The number of nitrogens with one attached hydrogen (secondary N) is 1. The number of fused-ring (bicyclic) bond motifs is 1. The smallest absolute Gasteiger partial charge is 0.154 e. The van der Waals surface area contributed by atoms with Gasteiger partial charge < -0.3 is 26.4 Å². The summed E-state index contributed by atoms with van der Waals surface area (Å²) < 4.78 is 5.59. The second-order valence-electron chi connectivity index (χ2n) is 6.92. The van der Waals surface area contributed by atoms with Crippen LogP contribution in [0.2, 0.25) is 0 Å². The molecule has 0 amide bonds. The van der Waals surface area contributed by atoms with Gasteiger partial charge in [-0.25, -0.2) is 19.9 Å². The van der Waals surface area contributed by atoms with Crippen LogP contribution in [0.1, 0.15) is 12.5 Å². The van der Waals surface area contributed by atoms with Gasteiger partial charge in [-0.05, 0) is 25.1 Å². The van der Waals surface area contributed by atoms with E-state index in [-0.39, 0.29) is 6.10 Å². The zero-order valence-electron chi connectivity index (χ0n) is 16.5. The van der Waals surface area contributed by atoms with Gasteiger partial charge in [0.25, 0.3) is 0 Å². The fraction of sp³-hybridized carbons (Fsp3) is 0.300. The molecule has 1 atom stereocenters. The lowest BCUT2D eigenvalue weighted by Gasteiger charge is -2.32. The van der Waals surface area contributed by atoms with Gasteiger partial charge in [0.15, 0.2) is 5.82 Å². The molecule has 5 N–H and O–H groups in total. The Bertz CT molecular complexity index is 1050. The van der Waals surface area contributed by atoms with Crippen LogP contribution in [0.3, 0.4) is 0 Å². The third-order valence-corrected chi connectivity index (χ3v) is 4.88. The zero-order valence-corrected chi connectivity index (χ0v) is 16.5. The molecule has 1 aliphatic heterocycles. The van der Waals surface area contributed by atoms with Crippen LogP contribution in [0.25, 0.3) is 10.8 Å². The molecule has 4 rings (SSSR count). The van der Waals surface area contributed by atoms with Crippen LogP contribution >= 0.6 is 0 Å². The number of rotatable bonds is 4. The summed E-state index contributed by atoms with van der Waals surface area (Å²) in [4.78, 5) is 19.8. The van der Waals surface area contributed by atoms with Crippen molar-refractivity contribution in [3.63, 3.8) is 0 Å². The first-order valence-corrected chi connectivity index (χ1v) is 9.44. The van der Waals surface area contributed by atoms with E-state index in [1.54, 1.807) is 25.5 Å². The Morgan fingerprint density at radius 2 is 2.07 bits per heavy atom. The number of nitrogens with zero attached hydrogens (tertiary/aromatic N) is 5. The van der Waals surface area contributed by atoms with Crippen LogP contribution in [0.5, 0.6) is 0 Å². The summed E-state index contributed by atoms with van der Waals surface area (Å²) in [6.45, 7) is 4.48. The van der Waals surface area contributed by atoms with Gasteiger partial charge in [-0.3, -0.25) is 0 Å². The summed E-state index contributed by atoms with van der Waals surface area (Å²) in [7, 11) is 1.80. The molecule has 9 nitrogen and oxygen atoms in total. The highest BCUT2D eigenvalue weighted by atomic mass is 16.5. The van der Waals surface area contributed by atoms with Crippen molar-refractivity contribution in [2.75, 3.05) is 42.7 Å². The van der Waals surface area contributed by atoms with Crippen LogP contribution in [0, 0.1) is 0 Å². The maximum atomic E-state index is 6.30. The van der Waals surface area contributed by atoms with Crippen molar-refractivity contribution < 1.29 is 4.74 Å². The van der Waals surface area contributed by atoms with E-state index >= 15 is 0 Å². The molecule has 3 aromatic rings. The van der Waals surface area contributed by atoms with Gasteiger partial charge in [-0.15, -0.1) is 0 Å². The number of amidine groups is 1. The predicted octanol–water partition coefficient (Wildman–Crippen LogP) is 1.91. The number of morpholine rings is 1. The van der Waals surface area contributed by atoms with Crippen LogP contribution < -0.4 is 21.7 Å². The maximum Gasteiger partial charge on any atom is 0.154 e. The normalized spacial score (nSPS) is 17.5. The Hall–Kier alpha value is -3.46. The first-order valence-electron chi connectivity index (χ1n) is 9.44. The van der Waals surface area contributed by atoms with Crippen molar-refractivity contribution in [3.05, 3.63) is 42.4 Å². The fourth-order valence-corrected chi connectivity index (χ4v) is 3.42. The second-order valence-corrected chi connectivity index (χ2v) is 6.92. The SMILES string of the molecule is CNc1ncc(C(N)=Nc2ccc(N3CCO[C@H](C)C3)cn2)c2cc(N)ncc12. The van der Waals surface area contributed by atoms with E-state index in [2.05, 4.69) is 37.1 Å². The number of pyridine rings is 3. The Morgan fingerprint density at radius 3 is 2.79 bits per heavy atom. The molecular formula is C20H24N8O. The number of nitrogens with two attached hydrogens (primary N) is 2. The van der Waals surface area contributed by atoms with E-state index in [4.69, 9.17) is 16.2 Å². The van der Waals surface area contributed by atoms with E-state index in [1.807, 2.05) is 18.3 Å². The van der Waals surface area contributed by atoms with E-state index < -0.39 is 0 Å².